The molecule has 0 aliphatic carbocycles. The SMILES string of the molecule is COc1ccc([C@@H](N)C(F)F)c(OC)c1.Cl. The van der Waals surface area contributed by atoms with Gasteiger partial charge >= 0.3 is 0 Å². The van der Waals surface area contributed by atoms with Crippen LogP contribution in [0.4, 0.5) is 8.78 Å². The zero-order valence-electron chi connectivity index (χ0n) is 8.94. The molecule has 6 heteroatoms. The number of hydrogen-bond donors (Lipinski definition) is 1. The predicted octanol–water partition coefficient (Wildman–Crippen LogP) is 2.39. The van der Waals surface area contributed by atoms with Crippen LogP contribution in [0.15, 0.2) is 18.2 Å². The maximum Gasteiger partial charge on any atom is 0.257 e. The van der Waals surface area contributed by atoms with Gasteiger partial charge in [-0.2, -0.15) is 0 Å². The molecule has 2 N–H and O–H groups in total. The minimum atomic E-state index is -2.62. The number of alkyl halides is 2. The molecular formula is C10H14ClF2NO2. The number of hydrogen-bond acceptors (Lipinski definition) is 3. The van der Waals surface area contributed by atoms with Gasteiger partial charge in [0.2, 0.25) is 0 Å². The van der Waals surface area contributed by atoms with Crippen molar-refractivity contribution in [1.29, 1.82) is 0 Å². The standard InChI is InChI=1S/C10H13F2NO2.ClH/c1-14-6-3-4-7(8(5-6)15-2)9(13)10(11)12;/h3-5,9-10H,13H2,1-2H3;1H/t9-;/m1./s1. The fourth-order valence-electron chi connectivity index (χ4n) is 1.23. The maximum atomic E-state index is 12.4. The highest BCUT2D eigenvalue weighted by Crippen LogP contribution is 2.30. The number of methoxy groups -OCH3 is 2. The summed E-state index contributed by atoms with van der Waals surface area (Å²) in [5.41, 5.74) is 5.61. The van der Waals surface area contributed by atoms with Crippen molar-refractivity contribution < 1.29 is 18.3 Å². The molecule has 0 heterocycles. The van der Waals surface area contributed by atoms with Crippen molar-refractivity contribution in [3.05, 3.63) is 23.8 Å². The summed E-state index contributed by atoms with van der Waals surface area (Å²) < 4.78 is 34.7. The Morgan fingerprint density at radius 1 is 1.19 bits per heavy atom. The lowest BCUT2D eigenvalue weighted by atomic mass is 10.1. The quantitative estimate of drug-likeness (QED) is 0.896. The van der Waals surface area contributed by atoms with Crippen LogP contribution in [-0.4, -0.2) is 20.6 Å². The van der Waals surface area contributed by atoms with Gasteiger partial charge in [0, 0.05) is 11.6 Å². The third kappa shape index (κ3) is 3.21. The van der Waals surface area contributed by atoms with E-state index in [1.54, 1.807) is 6.07 Å². The number of nitrogens with two attached hydrogens (primary N) is 1. The van der Waals surface area contributed by atoms with Crippen molar-refractivity contribution in [3.8, 4) is 11.5 Å². The monoisotopic (exact) mass is 253 g/mol. The van der Waals surface area contributed by atoms with Crippen molar-refractivity contribution in [2.75, 3.05) is 14.2 Å². The molecule has 0 saturated heterocycles. The van der Waals surface area contributed by atoms with E-state index < -0.39 is 12.5 Å². The van der Waals surface area contributed by atoms with E-state index in [-0.39, 0.29) is 18.0 Å². The Labute approximate surface area is 98.9 Å². The summed E-state index contributed by atoms with van der Waals surface area (Å²) in [6, 6.07) is 3.23. The van der Waals surface area contributed by atoms with Gasteiger partial charge in [-0.1, -0.05) is 0 Å². The van der Waals surface area contributed by atoms with Crippen molar-refractivity contribution in [2.45, 2.75) is 12.5 Å². The first-order valence-electron chi connectivity index (χ1n) is 4.35. The molecule has 0 radical (unpaired) electrons. The lowest BCUT2D eigenvalue weighted by molar-refractivity contribution is 0.115. The van der Waals surface area contributed by atoms with E-state index in [0.717, 1.165) is 0 Å². The lowest BCUT2D eigenvalue weighted by Gasteiger charge is -2.15. The van der Waals surface area contributed by atoms with Gasteiger partial charge in [0.05, 0.1) is 20.3 Å². The van der Waals surface area contributed by atoms with Crippen LogP contribution in [0.3, 0.4) is 0 Å². The summed E-state index contributed by atoms with van der Waals surface area (Å²) in [5, 5.41) is 0. The number of rotatable bonds is 4. The van der Waals surface area contributed by atoms with Crippen LogP contribution in [0.2, 0.25) is 0 Å². The molecule has 0 saturated carbocycles. The summed E-state index contributed by atoms with van der Waals surface area (Å²) >= 11 is 0. The largest absolute Gasteiger partial charge is 0.497 e. The van der Waals surface area contributed by atoms with E-state index in [1.807, 2.05) is 0 Å². The first kappa shape index (κ1) is 14.9. The van der Waals surface area contributed by atoms with Crippen molar-refractivity contribution in [2.24, 2.45) is 5.73 Å². The van der Waals surface area contributed by atoms with Crippen LogP contribution >= 0.6 is 12.4 Å². The van der Waals surface area contributed by atoms with Gasteiger partial charge in [-0.05, 0) is 12.1 Å². The van der Waals surface area contributed by atoms with Gasteiger partial charge in [-0.3, -0.25) is 0 Å². The average Bonchev–Trinajstić information content (AvgIpc) is 2.27. The lowest BCUT2D eigenvalue weighted by Crippen LogP contribution is -2.19. The molecule has 0 bridgehead atoms. The summed E-state index contributed by atoms with van der Waals surface area (Å²) in [5.74, 6) is 0.846. The second-order valence-corrected chi connectivity index (χ2v) is 2.97. The highest BCUT2D eigenvalue weighted by atomic mass is 35.5. The topological polar surface area (TPSA) is 44.5 Å². The first-order valence-corrected chi connectivity index (χ1v) is 4.35. The Morgan fingerprint density at radius 2 is 1.81 bits per heavy atom. The molecule has 0 aliphatic rings. The summed E-state index contributed by atoms with van der Waals surface area (Å²) in [4.78, 5) is 0. The summed E-state index contributed by atoms with van der Waals surface area (Å²) in [6.07, 6.45) is -2.62. The average molecular weight is 254 g/mol. The fraction of sp³-hybridized carbons (Fsp3) is 0.400. The zero-order valence-corrected chi connectivity index (χ0v) is 9.76. The van der Waals surface area contributed by atoms with E-state index in [2.05, 4.69) is 0 Å². The predicted molar refractivity (Wildman–Crippen MR) is 59.7 cm³/mol. The smallest absolute Gasteiger partial charge is 0.257 e. The molecule has 3 nitrogen and oxygen atoms in total. The van der Waals surface area contributed by atoms with E-state index in [4.69, 9.17) is 15.2 Å². The molecule has 1 atom stereocenters. The molecule has 1 aromatic rings. The van der Waals surface area contributed by atoms with Gasteiger partial charge in [0.1, 0.15) is 11.5 Å². The number of benzene rings is 1. The van der Waals surface area contributed by atoms with Crippen LogP contribution in [0.25, 0.3) is 0 Å². The summed E-state index contributed by atoms with van der Waals surface area (Å²) in [6.45, 7) is 0. The van der Waals surface area contributed by atoms with E-state index >= 15 is 0 Å². The Balaban J connectivity index is 0.00000225. The van der Waals surface area contributed by atoms with Crippen molar-refractivity contribution in [1.82, 2.24) is 0 Å². The van der Waals surface area contributed by atoms with Gasteiger partial charge in [-0.15, -0.1) is 12.4 Å². The Bertz CT molecular complexity index is 337. The molecule has 1 aromatic carbocycles. The molecule has 0 unspecified atom stereocenters. The first-order chi connectivity index (χ1) is 7.10. The van der Waals surface area contributed by atoms with Crippen LogP contribution in [0.5, 0.6) is 11.5 Å². The van der Waals surface area contributed by atoms with Crippen LogP contribution in [0, 0.1) is 0 Å². The summed E-state index contributed by atoms with van der Waals surface area (Å²) in [7, 11) is 2.89. The van der Waals surface area contributed by atoms with E-state index in [9.17, 15) is 8.78 Å². The molecule has 0 spiro atoms. The molecule has 0 fully saturated rings. The van der Waals surface area contributed by atoms with E-state index in [0.29, 0.717) is 11.5 Å². The second kappa shape index (κ2) is 6.50. The Kier molecular flexibility index (Phi) is 6.06. The van der Waals surface area contributed by atoms with Crippen LogP contribution in [0.1, 0.15) is 11.6 Å². The Morgan fingerprint density at radius 3 is 2.25 bits per heavy atom. The molecule has 0 aromatic heterocycles. The van der Waals surface area contributed by atoms with Crippen molar-refractivity contribution >= 4 is 12.4 Å². The molecule has 16 heavy (non-hydrogen) atoms. The van der Waals surface area contributed by atoms with Crippen molar-refractivity contribution in [3.63, 3.8) is 0 Å². The molecule has 1 rings (SSSR count). The minimum absolute atomic E-state index is 0. The van der Waals surface area contributed by atoms with Crippen LogP contribution in [-0.2, 0) is 0 Å². The molecule has 92 valence electrons. The highest BCUT2D eigenvalue weighted by Gasteiger charge is 2.21. The number of ether oxygens (including phenoxy) is 2. The minimum Gasteiger partial charge on any atom is -0.497 e. The zero-order chi connectivity index (χ0) is 11.4. The van der Waals surface area contributed by atoms with Gasteiger partial charge in [0.15, 0.2) is 0 Å². The highest BCUT2D eigenvalue weighted by molar-refractivity contribution is 5.85. The van der Waals surface area contributed by atoms with E-state index in [1.165, 1.54) is 26.4 Å². The van der Waals surface area contributed by atoms with Gasteiger partial charge in [0.25, 0.3) is 6.43 Å². The van der Waals surface area contributed by atoms with Crippen LogP contribution < -0.4 is 15.2 Å². The third-order valence-corrected chi connectivity index (χ3v) is 2.07. The Hall–Kier alpha value is -1.07. The molecular weight excluding hydrogens is 240 g/mol. The normalized spacial score (nSPS) is 11.9. The van der Waals surface area contributed by atoms with Gasteiger partial charge < -0.3 is 15.2 Å². The second-order valence-electron chi connectivity index (χ2n) is 2.97. The maximum absolute atomic E-state index is 12.4. The molecule has 0 amide bonds. The molecule has 0 aliphatic heterocycles. The number of halogens is 3. The third-order valence-electron chi connectivity index (χ3n) is 2.07. The van der Waals surface area contributed by atoms with Gasteiger partial charge in [-0.25, -0.2) is 8.78 Å². The fourth-order valence-corrected chi connectivity index (χ4v) is 1.23.